The van der Waals surface area contributed by atoms with Crippen LogP contribution in [0, 0.1) is 5.41 Å². The first-order chi connectivity index (χ1) is 6.29. The Morgan fingerprint density at radius 2 is 2.38 bits per heavy atom. The molecule has 1 aliphatic carbocycles. The lowest BCUT2D eigenvalue weighted by atomic mass is 9.69. The van der Waals surface area contributed by atoms with E-state index in [1.54, 1.807) is 0 Å². The van der Waals surface area contributed by atoms with Crippen LogP contribution in [0.2, 0.25) is 11.1 Å². The zero-order valence-electron chi connectivity index (χ0n) is 8.59. The van der Waals surface area contributed by atoms with Gasteiger partial charge >= 0.3 is 0 Å². The lowest BCUT2D eigenvalue weighted by Gasteiger charge is -2.35. The third kappa shape index (κ3) is 1.88. The van der Waals surface area contributed by atoms with Gasteiger partial charge in [-0.1, -0.05) is 30.8 Å². The van der Waals surface area contributed by atoms with E-state index in [1.165, 1.54) is 43.9 Å². The van der Waals surface area contributed by atoms with E-state index in [1.807, 2.05) is 0 Å². The highest BCUT2D eigenvalue weighted by Crippen LogP contribution is 2.60. The highest BCUT2D eigenvalue weighted by molar-refractivity contribution is 6.53. The zero-order chi connectivity index (χ0) is 9.31. The first-order valence-corrected chi connectivity index (χ1v) is 7.36. The Kier molecular flexibility index (Phi) is 2.59. The van der Waals surface area contributed by atoms with Crippen LogP contribution in [0.15, 0.2) is 0 Å². The third-order valence-corrected chi connectivity index (χ3v) is 6.61. The second kappa shape index (κ2) is 3.56. The molecule has 1 heterocycles. The molecule has 0 amide bonds. The molecular formula is C11H20OSi. The Hall–Kier alpha value is -0.113. The molecule has 3 atom stereocenters. The molecule has 1 saturated heterocycles. The summed E-state index contributed by atoms with van der Waals surface area (Å²) in [7, 11) is 0.338. The van der Waals surface area contributed by atoms with Gasteiger partial charge in [0.1, 0.15) is 6.29 Å². The van der Waals surface area contributed by atoms with Gasteiger partial charge in [-0.05, 0) is 24.7 Å². The molecule has 2 fully saturated rings. The number of hydrogen-bond donors (Lipinski definition) is 0. The van der Waals surface area contributed by atoms with Crippen molar-refractivity contribution in [3.8, 4) is 0 Å². The van der Waals surface area contributed by atoms with Crippen LogP contribution in [-0.2, 0) is 4.79 Å². The van der Waals surface area contributed by atoms with E-state index >= 15 is 0 Å². The lowest BCUT2D eigenvalue weighted by Crippen LogP contribution is -2.23. The van der Waals surface area contributed by atoms with Crippen LogP contribution in [0.1, 0.15) is 45.4 Å². The van der Waals surface area contributed by atoms with Crippen molar-refractivity contribution in [1.29, 1.82) is 0 Å². The molecule has 1 saturated carbocycles. The Balaban J connectivity index is 1.98. The molecule has 2 heteroatoms. The average Bonchev–Trinajstić information content (AvgIpc) is 2.83. The topological polar surface area (TPSA) is 17.1 Å². The highest BCUT2D eigenvalue weighted by atomic mass is 28.2. The molecule has 0 bridgehead atoms. The molecule has 0 N–H and O–H groups in total. The fraction of sp³-hybridized carbons (Fsp3) is 0.909. The third-order valence-electron chi connectivity index (χ3n) is 4.11. The molecule has 1 aliphatic heterocycles. The van der Waals surface area contributed by atoms with Gasteiger partial charge in [0.15, 0.2) is 0 Å². The first-order valence-electron chi connectivity index (χ1n) is 5.73. The smallest absolute Gasteiger partial charge is 0.120 e. The number of hydrogen-bond acceptors (Lipinski definition) is 1. The van der Waals surface area contributed by atoms with Crippen LogP contribution >= 0.6 is 0 Å². The molecule has 0 aromatic rings. The van der Waals surface area contributed by atoms with Gasteiger partial charge in [-0.15, -0.1) is 0 Å². The molecule has 74 valence electrons. The van der Waals surface area contributed by atoms with Gasteiger partial charge in [-0.25, -0.2) is 0 Å². The van der Waals surface area contributed by atoms with Gasteiger partial charge in [-0.2, -0.15) is 0 Å². The maximum absolute atomic E-state index is 10.7. The van der Waals surface area contributed by atoms with Gasteiger partial charge < -0.3 is 4.79 Å². The maximum Gasteiger partial charge on any atom is 0.120 e. The highest BCUT2D eigenvalue weighted by Gasteiger charge is 2.48. The Bertz CT molecular complexity index is 204. The molecule has 0 radical (unpaired) electrons. The van der Waals surface area contributed by atoms with Crippen molar-refractivity contribution in [3.05, 3.63) is 0 Å². The molecule has 3 unspecified atom stereocenters. The van der Waals surface area contributed by atoms with Crippen LogP contribution in [0.4, 0.5) is 0 Å². The second-order valence-corrected chi connectivity index (χ2v) is 7.69. The summed E-state index contributed by atoms with van der Waals surface area (Å²) in [4.78, 5) is 10.7. The largest absolute Gasteiger partial charge is 0.303 e. The lowest BCUT2D eigenvalue weighted by molar-refractivity contribution is -0.110. The van der Waals surface area contributed by atoms with E-state index in [4.69, 9.17) is 0 Å². The number of carbonyl (C=O) groups is 1. The van der Waals surface area contributed by atoms with Gasteiger partial charge in [0.25, 0.3) is 0 Å². The molecule has 2 aliphatic rings. The fourth-order valence-electron chi connectivity index (χ4n) is 3.29. The summed E-state index contributed by atoms with van der Waals surface area (Å²) in [6, 6.07) is 0. The summed E-state index contributed by atoms with van der Waals surface area (Å²) in [5.41, 5.74) is 2.79. The predicted octanol–water partition coefficient (Wildman–Crippen LogP) is 2.31. The minimum atomic E-state index is 0.338. The number of aldehydes is 1. The van der Waals surface area contributed by atoms with E-state index in [0.29, 0.717) is 14.9 Å². The monoisotopic (exact) mass is 196 g/mol. The Morgan fingerprint density at radius 1 is 1.54 bits per heavy atom. The summed E-state index contributed by atoms with van der Waals surface area (Å²) in [5.74, 6) is 0. The summed E-state index contributed by atoms with van der Waals surface area (Å²) in [6.45, 7) is 2.25. The normalized spacial score (nSPS) is 44.4. The summed E-state index contributed by atoms with van der Waals surface area (Å²) >= 11 is 0. The quantitative estimate of drug-likeness (QED) is 0.498. The number of fused-ring (bicyclic) bond motifs is 1. The van der Waals surface area contributed by atoms with Crippen molar-refractivity contribution in [2.75, 3.05) is 0 Å². The zero-order valence-corrected chi connectivity index (χ0v) is 10.0. The molecule has 13 heavy (non-hydrogen) atoms. The molecule has 0 aromatic heterocycles. The number of rotatable bonds is 4. The van der Waals surface area contributed by atoms with Gasteiger partial charge in [0.05, 0.1) is 0 Å². The van der Waals surface area contributed by atoms with Crippen molar-refractivity contribution < 1.29 is 4.79 Å². The average molecular weight is 196 g/mol. The summed E-state index contributed by atoms with van der Waals surface area (Å²) in [6.07, 6.45) is 8.80. The Labute approximate surface area is 83.1 Å². The van der Waals surface area contributed by atoms with Gasteiger partial charge in [-0.3, -0.25) is 0 Å². The van der Waals surface area contributed by atoms with Crippen LogP contribution in [0.3, 0.4) is 0 Å². The van der Waals surface area contributed by atoms with E-state index in [9.17, 15) is 4.79 Å². The SMILES string of the molecule is CCCC1(CC=O)CCC2[SiH2]C2C1. The van der Waals surface area contributed by atoms with Crippen LogP contribution < -0.4 is 0 Å². The van der Waals surface area contributed by atoms with Crippen molar-refractivity contribution in [1.82, 2.24) is 0 Å². The minimum Gasteiger partial charge on any atom is -0.303 e. The van der Waals surface area contributed by atoms with E-state index in [-0.39, 0.29) is 0 Å². The van der Waals surface area contributed by atoms with E-state index in [0.717, 1.165) is 12.0 Å². The minimum absolute atomic E-state index is 0.338. The van der Waals surface area contributed by atoms with Crippen molar-refractivity contribution in [2.45, 2.75) is 56.5 Å². The second-order valence-electron chi connectivity index (χ2n) is 5.12. The molecule has 2 rings (SSSR count). The molecule has 0 aromatic carbocycles. The number of carbonyl (C=O) groups excluding carboxylic acids is 1. The standard InChI is InChI=1S/C11H20OSi/c1-2-4-11(6-7-12)5-3-9-10(8-11)13-9/h7,9-10H,2-6,8,13H2,1H3. The van der Waals surface area contributed by atoms with E-state index < -0.39 is 0 Å². The maximum atomic E-state index is 10.7. The van der Waals surface area contributed by atoms with E-state index in [2.05, 4.69) is 6.92 Å². The van der Waals surface area contributed by atoms with Crippen molar-refractivity contribution in [3.63, 3.8) is 0 Å². The van der Waals surface area contributed by atoms with Gasteiger partial charge in [0, 0.05) is 15.9 Å². The summed E-state index contributed by atoms with van der Waals surface area (Å²) < 4.78 is 0. The Morgan fingerprint density at radius 3 is 3.00 bits per heavy atom. The van der Waals surface area contributed by atoms with Crippen molar-refractivity contribution in [2.24, 2.45) is 5.41 Å². The first kappa shape index (κ1) is 9.44. The predicted molar refractivity (Wildman–Crippen MR) is 57.9 cm³/mol. The van der Waals surface area contributed by atoms with Crippen LogP contribution in [-0.4, -0.2) is 15.8 Å². The van der Waals surface area contributed by atoms with Crippen LogP contribution in [0.25, 0.3) is 0 Å². The van der Waals surface area contributed by atoms with Crippen LogP contribution in [0.5, 0.6) is 0 Å². The van der Waals surface area contributed by atoms with Gasteiger partial charge in [0.2, 0.25) is 0 Å². The van der Waals surface area contributed by atoms with Crippen molar-refractivity contribution >= 4 is 15.8 Å². The molecule has 1 nitrogen and oxygen atoms in total. The molecular weight excluding hydrogens is 176 g/mol. The fourth-order valence-corrected chi connectivity index (χ4v) is 5.53. The molecule has 0 spiro atoms. The summed E-state index contributed by atoms with van der Waals surface area (Å²) in [5, 5.41) is 0.